The van der Waals surface area contributed by atoms with Crippen LogP contribution in [0.3, 0.4) is 0 Å². The second-order valence-corrected chi connectivity index (χ2v) is 24.6. The number of carbonyl (C=O) groups excluding carboxylic acids is 3. The van der Waals surface area contributed by atoms with E-state index < -0.39 is 29.3 Å². The Morgan fingerprint density at radius 3 is 1.11 bits per heavy atom. The van der Waals surface area contributed by atoms with Crippen molar-refractivity contribution < 1.29 is 27.6 Å². The fourth-order valence-corrected chi connectivity index (χ4v) is 13.1. The number of carbonyl (C=O) groups is 3. The molecule has 0 aliphatic heterocycles. The van der Waals surface area contributed by atoms with Gasteiger partial charge < -0.3 is 33.2 Å². The molecule has 3 saturated carbocycles. The van der Waals surface area contributed by atoms with Gasteiger partial charge >= 0.3 is 0 Å². The molecule has 3 fully saturated rings. The summed E-state index contributed by atoms with van der Waals surface area (Å²) in [6, 6.07) is 40.5. The summed E-state index contributed by atoms with van der Waals surface area (Å²) in [5, 5.41) is 25.3. The van der Waals surface area contributed by atoms with Crippen LogP contribution in [0.2, 0.25) is 0 Å². The summed E-state index contributed by atoms with van der Waals surface area (Å²) in [5.74, 6) is -1.93. The number of nitrogen functional groups attached to an aromatic ring is 3. The Labute approximate surface area is 556 Å². The Morgan fingerprint density at radius 1 is 0.412 bits per heavy atom. The van der Waals surface area contributed by atoms with Gasteiger partial charge in [0.05, 0.1) is 45.4 Å². The van der Waals surface area contributed by atoms with Gasteiger partial charge in [0.2, 0.25) is 0 Å². The lowest BCUT2D eigenvalue weighted by molar-refractivity contribution is 0.0938. The van der Waals surface area contributed by atoms with Crippen molar-refractivity contribution in [3.8, 4) is 33.8 Å². The predicted octanol–water partition coefficient (Wildman–Crippen LogP) is 13.1. The van der Waals surface area contributed by atoms with Crippen LogP contribution in [0.25, 0.3) is 66.9 Å². The predicted molar refractivity (Wildman–Crippen MR) is 365 cm³/mol. The molecule has 3 amide bonds. The lowest BCUT2D eigenvalue weighted by atomic mass is 10.1. The fraction of sp³-hybridized carbons (Fsp3) is 0.260. The maximum Gasteiger partial charge on any atom is 0.254 e. The molecular formula is C73H71F3N18O3. The highest BCUT2D eigenvalue weighted by atomic mass is 19.1. The number of nitrogens with one attached hydrogen (secondary N) is 3. The largest absolute Gasteiger partial charge is 0.383 e. The van der Waals surface area contributed by atoms with Gasteiger partial charge in [-0.2, -0.15) is 15.3 Å². The van der Waals surface area contributed by atoms with E-state index in [1.807, 2.05) is 118 Å². The van der Waals surface area contributed by atoms with Crippen LogP contribution < -0.4 is 33.2 Å². The minimum atomic E-state index is -0.770. The maximum atomic E-state index is 13.8. The van der Waals surface area contributed by atoms with Crippen molar-refractivity contribution in [1.82, 2.24) is 75.2 Å². The van der Waals surface area contributed by atoms with Gasteiger partial charge in [-0.05, 0) is 104 Å². The van der Waals surface area contributed by atoms with Gasteiger partial charge in [0.1, 0.15) is 71.0 Å². The number of benzene rings is 6. The lowest BCUT2D eigenvalue weighted by Crippen LogP contribution is -2.24. The molecule has 492 valence electrons. The van der Waals surface area contributed by atoms with Crippen LogP contribution in [0.4, 0.5) is 30.6 Å². The average molecular weight is 1310 g/mol. The van der Waals surface area contributed by atoms with E-state index >= 15 is 0 Å². The molecule has 0 unspecified atom stereocenters. The monoisotopic (exact) mass is 1300 g/mol. The first-order valence-electron chi connectivity index (χ1n) is 32.6. The second-order valence-electron chi connectivity index (χ2n) is 24.6. The van der Waals surface area contributed by atoms with Crippen molar-refractivity contribution in [1.29, 1.82) is 0 Å². The molecule has 0 saturated heterocycles. The molecule has 9 N–H and O–H groups in total. The maximum absolute atomic E-state index is 13.8. The number of hydrogen-bond acceptors (Lipinski definition) is 15. The third-order valence-electron chi connectivity index (χ3n) is 18.3. The Kier molecular flexibility index (Phi) is 19.0. The van der Waals surface area contributed by atoms with Crippen LogP contribution in [-0.2, 0) is 19.6 Å². The Hall–Kier alpha value is -11.4. The molecule has 6 heterocycles. The van der Waals surface area contributed by atoms with E-state index in [1.165, 1.54) is 69.6 Å². The van der Waals surface area contributed by atoms with Crippen LogP contribution in [-0.4, -0.2) is 77.0 Å². The first-order chi connectivity index (χ1) is 47.2. The third-order valence-corrected chi connectivity index (χ3v) is 18.3. The number of fused-ring (bicyclic) bond motifs is 3. The first-order valence-corrected chi connectivity index (χ1v) is 32.6. The molecule has 24 heteroatoms. The van der Waals surface area contributed by atoms with Crippen molar-refractivity contribution in [2.24, 2.45) is 0 Å². The minimum absolute atomic E-state index is 0.0310. The zero-order valence-electron chi connectivity index (χ0n) is 53.3. The number of rotatable bonds is 15. The van der Waals surface area contributed by atoms with Gasteiger partial charge in [-0.1, -0.05) is 142 Å². The zero-order chi connectivity index (χ0) is 67.1. The molecule has 15 rings (SSSR count). The highest BCUT2D eigenvalue weighted by molar-refractivity contribution is 6.01. The smallest absolute Gasteiger partial charge is 0.254 e. The number of anilines is 3. The van der Waals surface area contributed by atoms with Gasteiger partial charge in [0, 0.05) is 41.9 Å². The standard InChI is InChI=1S/C25H26N6O.C24H22F2N6O.C24H23FN6O/c1-16-6-2-5-9-20(16)25(32)27-14-17-10-12-18(13-11-17)22-21-23(26)28-15-29-24(21)31(30-22)19-7-3-4-8-19;25-16-9-10-19(26)18(11-16)24(33)28-12-14-5-7-15(8-6-14)21-20-22(27)29-13-30-23(20)32(31-21)17-3-1-2-4-17;25-19-8-4-3-7-18(19)24(32)27-13-15-9-11-16(12-10-15)21-20-22(26)28-14-29-23(20)31(30-21)17-5-1-2-6-17/h2,5-6,9-13,15,19H,3-4,7-8,14H2,1H3,(H,27,32)(H2,26,28,29);5-11,13,17H,1-4,12H2,(H,28,33)(H2,27,29,30);3-4,7-12,14,17H,1-2,5-6,13H2,(H,27,32)(H2,26,28,29). The number of aromatic nitrogens is 12. The van der Waals surface area contributed by atoms with E-state index in [0.29, 0.717) is 53.4 Å². The van der Waals surface area contributed by atoms with Crippen molar-refractivity contribution in [3.63, 3.8) is 0 Å². The highest BCUT2D eigenvalue weighted by Crippen LogP contribution is 2.40. The van der Waals surface area contributed by atoms with Crippen LogP contribution in [0.15, 0.2) is 159 Å². The molecule has 6 aromatic carbocycles. The summed E-state index contributed by atoms with van der Waals surface area (Å²) >= 11 is 0. The number of halogens is 3. The van der Waals surface area contributed by atoms with E-state index in [4.69, 9.17) is 32.5 Å². The summed E-state index contributed by atoms with van der Waals surface area (Å²) in [4.78, 5) is 62.9. The average Bonchev–Trinajstić information content (AvgIpc) is 1.63. The Bertz CT molecular complexity index is 4640. The van der Waals surface area contributed by atoms with Crippen LogP contribution in [0, 0.1) is 24.4 Å². The molecule has 0 atom stereocenters. The molecule has 6 aromatic heterocycles. The number of nitrogens with zero attached hydrogens (tertiary/aromatic N) is 12. The topological polar surface area (TPSA) is 296 Å². The Balaban J connectivity index is 0.000000131. The van der Waals surface area contributed by atoms with E-state index in [0.717, 1.165) is 140 Å². The summed E-state index contributed by atoms with van der Waals surface area (Å²) in [6.07, 6.45) is 18.1. The number of nitrogens with two attached hydrogens (primary N) is 3. The molecule has 21 nitrogen and oxygen atoms in total. The number of aryl methyl sites for hydroxylation is 1. The fourth-order valence-electron chi connectivity index (χ4n) is 13.1. The third kappa shape index (κ3) is 13.9. The van der Waals surface area contributed by atoms with Gasteiger partial charge in [-0.15, -0.1) is 0 Å². The molecule has 3 aliphatic rings. The van der Waals surface area contributed by atoms with Crippen molar-refractivity contribution in [2.45, 2.75) is 122 Å². The Morgan fingerprint density at radius 2 is 0.742 bits per heavy atom. The normalized spacial score (nSPS) is 14.1. The van der Waals surface area contributed by atoms with Crippen LogP contribution in [0.5, 0.6) is 0 Å². The second kappa shape index (κ2) is 28.7. The first kappa shape index (κ1) is 64.3. The van der Waals surface area contributed by atoms with Gasteiger partial charge in [-0.25, -0.2) is 57.1 Å². The van der Waals surface area contributed by atoms with Crippen LogP contribution >= 0.6 is 0 Å². The van der Waals surface area contributed by atoms with Crippen LogP contribution in [0.1, 0.15) is 149 Å². The lowest BCUT2D eigenvalue weighted by Gasteiger charge is -2.10. The van der Waals surface area contributed by atoms with E-state index in [-0.39, 0.29) is 30.1 Å². The number of hydrogen-bond donors (Lipinski definition) is 6. The van der Waals surface area contributed by atoms with E-state index in [1.54, 1.807) is 12.1 Å². The molecular weight excluding hydrogens is 1230 g/mol. The molecule has 0 radical (unpaired) electrons. The van der Waals surface area contributed by atoms with Crippen molar-refractivity contribution in [2.75, 3.05) is 17.2 Å². The van der Waals surface area contributed by atoms with E-state index in [9.17, 15) is 27.6 Å². The molecule has 97 heavy (non-hydrogen) atoms. The van der Waals surface area contributed by atoms with Gasteiger partial charge in [0.15, 0.2) is 16.9 Å². The van der Waals surface area contributed by atoms with Crippen molar-refractivity contribution >= 4 is 68.3 Å². The molecule has 12 aromatic rings. The summed E-state index contributed by atoms with van der Waals surface area (Å²) in [7, 11) is 0. The quantitative estimate of drug-likeness (QED) is 0.0556. The van der Waals surface area contributed by atoms with Crippen molar-refractivity contribution in [3.05, 3.63) is 215 Å². The highest BCUT2D eigenvalue weighted by Gasteiger charge is 2.28. The molecule has 3 aliphatic carbocycles. The summed E-state index contributed by atoms with van der Waals surface area (Å²) in [6.45, 7) is 2.84. The minimum Gasteiger partial charge on any atom is -0.383 e. The zero-order valence-corrected chi connectivity index (χ0v) is 53.3. The SMILES string of the molecule is Cc1ccccc1C(=O)NCc1ccc(-c2nn(C3CCCC3)c3ncnc(N)c23)cc1.Nc1ncnc2c1c(-c1ccc(CNC(=O)c3cc(F)ccc3F)cc1)nn2C1CCCC1.Nc1ncnc2c1c(-c1ccc(CNC(=O)c3ccccc3F)cc1)nn2C1CCCC1. The van der Waals surface area contributed by atoms with E-state index in [2.05, 4.69) is 45.9 Å². The van der Waals surface area contributed by atoms with Gasteiger partial charge in [0.25, 0.3) is 17.7 Å². The van der Waals surface area contributed by atoms with Gasteiger partial charge in [-0.3, -0.25) is 14.4 Å². The molecule has 0 bridgehead atoms. The molecule has 0 spiro atoms. The summed E-state index contributed by atoms with van der Waals surface area (Å²) in [5.41, 5.74) is 30.0. The summed E-state index contributed by atoms with van der Waals surface area (Å²) < 4.78 is 46.9. The number of amides is 3.